The lowest BCUT2D eigenvalue weighted by Crippen LogP contribution is -2.23. The van der Waals surface area contributed by atoms with Crippen LogP contribution in [0.25, 0.3) is 0 Å². The zero-order chi connectivity index (χ0) is 13.7. The Balaban J connectivity index is 2.05. The molecular formula is C15H15NO3. The Hall–Kier alpha value is -2.36. The van der Waals surface area contributed by atoms with E-state index in [-0.39, 0.29) is 18.3 Å². The van der Waals surface area contributed by atoms with Gasteiger partial charge in [-0.25, -0.2) is 4.79 Å². The van der Waals surface area contributed by atoms with Gasteiger partial charge in [-0.2, -0.15) is 0 Å². The normalized spacial score (nSPS) is 13.9. The molecule has 0 saturated carbocycles. The van der Waals surface area contributed by atoms with E-state index in [0.717, 1.165) is 0 Å². The molecule has 0 spiro atoms. The molecule has 0 unspecified atom stereocenters. The molecule has 4 nitrogen and oxygen atoms in total. The minimum absolute atomic E-state index is 0.00705. The van der Waals surface area contributed by atoms with Crippen LogP contribution in [0.15, 0.2) is 54.4 Å². The Bertz CT molecular complexity index is 532. The standard InChI is InChI=1S/C15H15NO3/c1-19-15(18)13-8-5-9-16(10-13)11-14(17)12-6-3-2-4-7-12/h2-7,9-10H,8,11H2,1H3. The highest BCUT2D eigenvalue weighted by molar-refractivity contribution is 5.98. The van der Waals surface area contributed by atoms with Gasteiger partial charge < -0.3 is 9.64 Å². The number of ketones is 1. The number of allylic oxidation sites excluding steroid dienone is 1. The number of rotatable bonds is 4. The lowest BCUT2D eigenvalue weighted by Gasteiger charge is -2.19. The smallest absolute Gasteiger partial charge is 0.335 e. The first-order chi connectivity index (χ1) is 9.20. The van der Waals surface area contributed by atoms with Gasteiger partial charge in [-0.3, -0.25) is 4.79 Å². The van der Waals surface area contributed by atoms with Crippen molar-refractivity contribution >= 4 is 11.8 Å². The lowest BCUT2D eigenvalue weighted by atomic mass is 10.1. The zero-order valence-electron chi connectivity index (χ0n) is 10.7. The second kappa shape index (κ2) is 6.00. The number of carbonyl (C=O) groups is 2. The summed E-state index contributed by atoms with van der Waals surface area (Å²) in [6.07, 6.45) is 5.83. The highest BCUT2D eigenvalue weighted by atomic mass is 16.5. The van der Waals surface area contributed by atoms with Crippen molar-refractivity contribution in [1.29, 1.82) is 0 Å². The fourth-order valence-corrected chi connectivity index (χ4v) is 1.86. The molecule has 1 aliphatic heterocycles. The molecule has 0 radical (unpaired) electrons. The summed E-state index contributed by atoms with van der Waals surface area (Å²) < 4.78 is 4.67. The van der Waals surface area contributed by atoms with E-state index in [2.05, 4.69) is 4.74 Å². The van der Waals surface area contributed by atoms with Crippen LogP contribution in [0.3, 0.4) is 0 Å². The van der Waals surface area contributed by atoms with Crippen molar-refractivity contribution in [3.8, 4) is 0 Å². The third-order valence-electron chi connectivity index (χ3n) is 2.83. The minimum Gasteiger partial charge on any atom is -0.466 e. The Morgan fingerprint density at radius 3 is 2.68 bits per heavy atom. The first-order valence-electron chi connectivity index (χ1n) is 6.00. The summed E-state index contributed by atoms with van der Waals surface area (Å²) in [5.74, 6) is -0.353. The Kier molecular flexibility index (Phi) is 4.13. The highest BCUT2D eigenvalue weighted by Crippen LogP contribution is 2.14. The van der Waals surface area contributed by atoms with Gasteiger partial charge in [0.05, 0.1) is 19.2 Å². The van der Waals surface area contributed by atoms with Crippen LogP contribution in [-0.2, 0) is 9.53 Å². The van der Waals surface area contributed by atoms with Crippen LogP contribution in [0.4, 0.5) is 0 Å². The van der Waals surface area contributed by atoms with Crippen molar-refractivity contribution in [2.75, 3.05) is 13.7 Å². The maximum Gasteiger partial charge on any atom is 0.335 e. The van der Waals surface area contributed by atoms with Gasteiger partial charge in [-0.15, -0.1) is 0 Å². The molecule has 0 bridgehead atoms. The van der Waals surface area contributed by atoms with E-state index in [0.29, 0.717) is 17.6 Å². The first-order valence-corrected chi connectivity index (χ1v) is 6.00. The van der Waals surface area contributed by atoms with Gasteiger partial charge in [0, 0.05) is 24.4 Å². The lowest BCUT2D eigenvalue weighted by molar-refractivity contribution is -0.136. The summed E-state index contributed by atoms with van der Waals surface area (Å²) in [6, 6.07) is 9.08. The second-order valence-corrected chi connectivity index (χ2v) is 4.20. The van der Waals surface area contributed by atoms with Gasteiger partial charge in [-0.05, 0) is 0 Å². The maximum atomic E-state index is 12.0. The largest absolute Gasteiger partial charge is 0.466 e. The molecule has 4 heteroatoms. The Labute approximate surface area is 112 Å². The van der Waals surface area contributed by atoms with Gasteiger partial charge in [0.25, 0.3) is 0 Å². The molecule has 2 rings (SSSR count). The van der Waals surface area contributed by atoms with Crippen molar-refractivity contribution in [2.24, 2.45) is 0 Å². The number of Topliss-reactive ketones (excluding diaryl/α,β-unsaturated/α-hetero) is 1. The molecule has 19 heavy (non-hydrogen) atoms. The molecule has 0 amide bonds. The molecule has 1 aromatic rings. The Morgan fingerprint density at radius 1 is 1.26 bits per heavy atom. The number of carbonyl (C=O) groups excluding carboxylic acids is 2. The molecule has 0 atom stereocenters. The molecule has 98 valence electrons. The quantitative estimate of drug-likeness (QED) is 0.612. The number of benzene rings is 1. The fraction of sp³-hybridized carbons (Fsp3) is 0.200. The highest BCUT2D eigenvalue weighted by Gasteiger charge is 2.15. The molecular weight excluding hydrogens is 242 g/mol. The van der Waals surface area contributed by atoms with E-state index in [1.54, 1.807) is 29.4 Å². The molecule has 0 fully saturated rings. The fourth-order valence-electron chi connectivity index (χ4n) is 1.86. The van der Waals surface area contributed by atoms with E-state index in [1.165, 1.54) is 7.11 Å². The first kappa shape index (κ1) is 13.1. The SMILES string of the molecule is COC(=O)C1=CN(CC(=O)c2ccccc2)C=CC1. The van der Waals surface area contributed by atoms with Crippen LogP contribution in [0.1, 0.15) is 16.8 Å². The second-order valence-electron chi connectivity index (χ2n) is 4.20. The monoisotopic (exact) mass is 257 g/mol. The van der Waals surface area contributed by atoms with Crippen molar-refractivity contribution in [3.05, 3.63) is 59.9 Å². The number of ether oxygens (including phenoxy) is 1. The van der Waals surface area contributed by atoms with E-state index in [1.807, 2.05) is 24.3 Å². The van der Waals surface area contributed by atoms with E-state index < -0.39 is 0 Å². The molecule has 1 heterocycles. The molecule has 1 aliphatic rings. The molecule has 0 saturated heterocycles. The molecule has 1 aromatic carbocycles. The van der Waals surface area contributed by atoms with Crippen LogP contribution < -0.4 is 0 Å². The summed E-state index contributed by atoms with van der Waals surface area (Å²) in [7, 11) is 1.35. The minimum atomic E-state index is -0.360. The van der Waals surface area contributed by atoms with Crippen LogP contribution >= 0.6 is 0 Å². The van der Waals surface area contributed by atoms with Gasteiger partial charge in [0.15, 0.2) is 5.78 Å². The summed E-state index contributed by atoms with van der Waals surface area (Å²) in [4.78, 5) is 25.2. The number of hydrogen-bond donors (Lipinski definition) is 0. The van der Waals surface area contributed by atoms with Crippen molar-refractivity contribution < 1.29 is 14.3 Å². The summed E-state index contributed by atoms with van der Waals surface area (Å²) in [5.41, 5.74) is 1.21. The van der Waals surface area contributed by atoms with Gasteiger partial charge in [0.1, 0.15) is 0 Å². The third kappa shape index (κ3) is 3.31. The van der Waals surface area contributed by atoms with E-state index in [4.69, 9.17) is 0 Å². The van der Waals surface area contributed by atoms with Crippen LogP contribution in [0.2, 0.25) is 0 Å². The van der Waals surface area contributed by atoms with Crippen molar-refractivity contribution in [2.45, 2.75) is 6.42 Å². The number of hydrogen-bond acceptors (Lipinski definition) is 4. The molecule has 0 aromatic heterocycles. The van der Waals surface area contributed by atoms with Crippen molar-refractivity contribution in [3.63, 3.8) is 0 Å². The van der Waals surface area contributed by atoms with Crippen LogP contribution in [0.5, 0.6) is 0 Å². The topological polar surface area (TPSA) is 46.6 Å². The Morgan fingerprint density at radius 2 is 2.00 bits per heavy atom. The number of nitrogens with zero attached hydrogens (tertiary/aromatic N) is 1. The zero-order valence-corrected chi connectivity index (χ0v) is 10.7. The van der Waals surface area contributed by atoms with Crippen LogP contribution in [0, 0.1) is 0 Å². The number of methoxy groups -OCH3 is 1. The van der Waals surface area contributed by atoms with Crippen LogP contribution in [-0.4, -0.2) is 30.3 Å². The average molecular weight is 257 g/mol. The number of esters is 1. The summed E-state index contributed by atoms with van der Waals surface area (Å²) >= 11 is 0. The van der Waals surface area contributed by atoms with Gasteiger partial charge >= 0.3 is 5.97 Å². The van der Waals surface area contributed by atoms with E-state index >= 15 is 0 Å². The predicted molar refractivity (Wildman–Crippen MR) is 71.3 cm³/mol. The van der Waals surface area contributed by atoms with Gasteiger partial charge in [0.2, 0.25) is 0 Å². The van der Waals surface area contributed by atoms with Gasteiger partial charge in [-0.1, -0.05) is 36.4 Å². The third-order valence-corrected chi connectivity index (χ3v) is 2.83. The summed E-state index contributed by atoms with van der Waals surface area (Å²) in [5, 5.41) is 0. The van der Waals surface area contributed by atoms with E-state index in [9.17, 15) is 9.59 Å². The average Bonchev–Trinajstić information content (AvgIpc) is 2.47. The maximum absolute atomic E-state index is 12.0. The summed E-state index contributed by atoms with van der Waals surface area (Å²) in [6.45, 7) is 0.209. The molecule has 0 N–H and O–H groups in total. The molecule has 0 aliphatic carbocycles. The van der Waals surface area contributed by atoms with Crippen molar-refractivity contribution in [1.82, 2.24) is 4.90 Å². The predicted octanol–water partition coefficient (Wildman–Crippen LogP) is 2.15.